The van der Waals surface area contributed by atoms with Crippen molar-refractivity contribution in [1.82, 2.24) is 4.57 Å². The first kappa shape index (κ1) is 40.9. The number of hydrogen-bond acceptors (Lipinski definition) is 3. The summed E-state index contributed by atoms with van der Waals surface area (Å²) in [5, 5.41) is 9.62. The maximum atomic E-state index is 2.46. The minimum absolute atomic E-state index is 1.07. The van der Waals surface area contributed by atoms with Gasteiger partial charge in [-0.25, -0.2) is 0 Å². The van der Waals surface area contributed by atoms with Gasteiger partial charge in [-0.1, -0.05) is 158 Å². The van der Waals surface area contributed by atoms with Crippen LogP contribution in [0.4, 0.5) is 51.2 Å². The summed E-state index contributed by atoms with van der Waals surface area (Å²) < 4.78 is 2.46. The quantitative estimate of drug-likeness (QED) is 0.136. The molecule has 0 fully saturated rings. The van der Waals surface area contributed by atoms with E-state index in [0.717, 1.165) is 67.9 Å². The van der Waals surface area contributed by atoms with Gasteiger partial charge in [-0.15, -0.1) is 0 Å². The van der Waals surface area contributed by atoms with Crippen LogP contribution in [0.3, 0.4) is 0 Å². The van der Waals surface area contributed by atoms with Crippen LogP contribution in [0.25, 0.3) is 59.8 Å². The van der Waals surface area contributed by atoms with E-state index in [2.05, 4.69) is 298 Å². The third-order valence-electron chi connectivity index (χ3n) is 13.6. The van der Waals surface area contributed by atoms with Crippen molar-refractivity contribution in [2.24, 2.45) is 0 Å². The maximum absolute atomic E-state index is 2.46. The molecule has 13 aromatic rings. The van der Waals surface area contributed by atoms with E-state index in [1.165, 1.54) is 43.1 Å². The lowest BCUT2D eigenvalue weighted by atomic mass is 10.1. The average Bonchev–Trinajstić information content (AvgIpc) is 3.75. The van der Waals surface area contributed by atoms with E-state index in [4.69, 9.17) is 0 Å². The molecule has 70 heavy (non-hydrogen) atoms. The third-order valence-corrected chi connectivity index (χ3v) is 13.6. The molecule has 13 rings (SSSR count). The van der Waals surface area contributed by atoms with Crippen molar-refractivity contribution < 1.29 is 0 Å². The topological polar surface area (TPSA) is 14.7 Å². The summed E-state index contributed by atoms with van der Waals surface area (Å²) in [4.78, 5) is 7.10. The van der Waals surface area contributed by atoms with E-state index >= 15 is 0 Å². The predicted octanol–water partition coefficient (Wildman–Crippen LogP) is 18.7. The summed E-state index contributed by atoms with van der Waals surface area (Å²) in [5.41, 5.74) is 13.1. The van der Waals surface area contributed by atoms with Gasteiger partial charge in [-0.05, 0) is 154 Å². The van der Waals surface area contributed by atoms with Crippen LogP contribution < -0.4 is 14.7 Å². The maximum Gasteiger partial charge on any atom is 0.0561 e. The monoisotopic (exact) mass is 894 g/mol. The van der Waals surface area contributed by atoms with Gasteiger partial charge in [-0.3, -0.25) is 0 Å². The normalized spacial score (nSPS) is 11.4. The molecule has 4 nitrogen and oxygen atoms in total. The molecule has 0 aliphatic rings. The van der Waals surface area contributed by atoms with Crippen LogP contribution in [0.5, 0.6) is 0 Å². The smallest absolute Gasteiger partial charge is 0.0561 e. The Labute approximate surface area is 407 Å². The zero-order valence-corrected chi connectivity index (χ0v) is 38.3. The Morgan fingerprint density at radius 2 is 0.471 bits per heavy atom. The van der Waals surface area contributed by atoms with Crippen molar-refractivity contribution in [2.45, 2.75) is 0 Å². The number of benzene rings is 12. The highest BCUT2D eigenvalue weighted by Crippen LogP contribution is 2.44. The van der Waals surface area contributed by atoms with Gasteiger partial charge < -0.3 is 19.3 Å². The number of rotatable bonds is 10. The molecule has 4 heteroatoms. The third kappa shape index (κ3) is 7.36. The second-order valence-corrected chi connectivity index (χ2v) is 17.9. The van der Waals surface area contributed by atoms with Crippen LogP contribution >= 0.6 is 0 Å². The van der Waals surface area contributed by atoms with E-state index in [-0.39, 0.29) is 0 Å². The Bertz CT molecular complexity index is 3830. The van der Waals surface area contributed by atoms with Crippen LogP contribution in [0, 0.1) is 0 Å². The van der Waals surface area contributed by atoms with Crippen LogP contribution in [-0.2, 0) is 0 Å². The van der Waals surface area contributed by atoms with Crippen LogP contribution in [0.2, 0.25) is 0 Å². The fraction of sp³-hybridized carbons (Fsp3) is 0. The Hall–Kier alpha value is -9.38. The Morgan fingerprint density at radius 3 is 0.843 bits per heavy atom. The summed E-state index contributed by atoms with van der Waals surface area (Å²) in [5.74, 6) is 0. The predicted molar refractivity (Wildman–Crippen MR) is 297 cm³/mol. The first-order valence-corrected chi connectivity index (χ1v) is 23.9. The molecule has 0 aliphatic carbocycles. The fourth-order valence-corrected chi connectivity index (χ4v) is 10.3. The largest absolute Gasteiger partial charge is 0.310 e. The fourth-order valence-electron chi connectivity index (χ4n) is 10.3. The van der Waals surface area contributed by atoms with Crippen molar-refractivity contribution in [1.29, 1.82) is 0 Å². The van der Waals surface area contributed by atoms with E-state index in [0.29, 0.717) is 0 Å². The number of anilines is 9. The van der Waals surface area contributed by atoms with Crippen molar-refractivity contribution in [2.75, 3.05) is 14.7 Å². The molecule has 1 heterocycles. The van der Waals surface area contributed by atoms with Gasteiger partial charge in [0.2, 0.25) is 0 Å². The lowest BCUT2D eigenvalue weighted by Gasteiger charge is -2.27. The van der Waals surface area contributed by atoms with Crippen LogP contribution in [-0.4, -0.2) is 4.57 Å². The van der Waals surface area contributed by atoms with Crippen LogP contribution in [0.15, 0.2) is 279 Å². The van der Waals surface area contributed by atoms with Gasteiger partial charge >= 0.3 is 0 Å². The Morgan fingerprint density at radius 1 is 0.200 bits per heavy atom. The molecular weight excluding hydrogens is 849 g/mol. The molecule has 0 aliphatic heterocycles. The van der Waals surface area contributed by atoms with Crippen molar-refractivity contribution in [3.05, 3.63) is 279 Å². The SMILES string of the molecule is c1ccc(N(c2ccc(-n3c4cc(N(c5ccccc5)c5ccc6ccccc6c5)ccc4c4ccc(N(c5ccccc5)c5ccc6ccccc6c5)cc43)cc2)c2ccc3ccccc3c2)cc1. The zero-order valence-electron chi connectivity index (χ0n) is 38.3. The Kier molecular flexibility index (Phi) is 10.1. The van der Waals surface area contributed by atoms with Gasteiger partial charge in [0, 0.05) is 67.6 Å². The first-order valence-electron chi connectivity index (χ1n) is 23.9. The van der Waals surface area contributed by atoms with E-state index in [1.807, 2.05) is 0 Å². The minimum Gasteiger partial charge on any atom is -0.310 e. The Balaban J connectivity index is 1.02. The van der Waals surface area contributed by atoms with Crippen LogP contribution in [0.1, 0.15) is 0 Å². The lowest BCUT2D eigenvalue weighted by Crippen LogP contribution is -2.10. The molecule has 0 radical (unpaired) electrons. The molecule has 0 spiro atoms. The zero-order chi connectivity index (χ0) is 46.4. The molecule has 12 aromatic carbocycles. The molecule has 0 unspecified atom stereocenters. The lowest BCUT2D eigenvalue weighted by molar-refractivity contribution is 1.17. The molecule has 0 bridgehead atoms. The van der Waals surface area contributed by atoms with Crippen molar-refractivity contribution >= 4 is 105 Å². The molecule has 0 saturated heterocycles. The standard InChI is InChI=1S/C66H46N4/c1-4-22-53(23-5-1)67(58-31-28-47-16-10-13-19-50(47)42-58)56-34-36-57(37-35-56)70-65-45-61(68(54-24-6-2-7-25-54)59-32-29-48-17-11-14-20-51(48)43-59)38-40-63(65)64-41-39-62(46-66(64)70)69(55-26-8-3-9-27-55)60-33-30-49-18-12-15-21-52(49)44-60/h1-46H. The molecular formula is C66H46N4. The first-order chi connectivity index (χ1) is 34.7. The average molecular weight is 895 g/mol. The van der Waals surface area contributed by atoms with Crippen molar-refractivity contribution in [3.8, 4) is 5.69 Å². The summed E-state index contributed by atoms with van der Waals surface area (Å²) in [6, 6.07) is 101. The number of nitrogens with zero attached hydrogens (tertiary/aromatic N) is 4. The molecule has 330 valence electrons. The summed E-state index contributed by atoms with van der Waals surface area (Å²) in [6.07, 6.45) is 0. The van der Waals surface area contributed by atoms with Gasteiger partial charge in [0.05, 0.1) is 11.0 Å². The summed E-state index contributed by atoms with van der Waals surface area (Å²) in [6.45, 7) is 0. The van der Waals surface area contributed by atoms with Crippen molar-refractivity contribution in [3.63, 3.8) is 0 Å². The van der Waals surface area contributed by atoms with E-state index < -0.39 is 0 Å². The second kappa shape index (κ2) is 17.4. The van der Waals surface area contributed by atoms with Gasteiger partial charge in [0.1, 0.15) is 0 Å². The highest BCUT2D eigenvalue weighted by atomic mass is 15.2. The highest BCUT2D eigenvalue weighted by molar-refractivity contribution is 6.12. The summed E-state index contributed by atoms with van der Waals surface area (Å²) >= 11 is 0. The molecule has 0 saturated carbocycles. The van der Waals surface area contributed by atoms with E-state index in [9.17, 15) is 0 Å². The van der Waals surface area contributed by atoms with Gasteiger partial charge in [-0.2, -0.15) is 0 Å². The number of hydrogen-bond donors (Lipinski definition) is 0. The number of aromatic nitrogens is 1. The highest BCUT2D eigenvalue weighted by Gasteiger charge is 2.21. The molecule has 1 aromatic heterocycles. The van der Waals surface area contributed by atoms with E-state index in [1.54, 1.807) is 0 Å². The number of para-hydroxylation sites is 3. The second-order valence-electron chi connectivity index (χ2n) is 17.9. The molecule has 0 atom stereocenters. The molecule has 0 amide bonds. The molecule has 0 N–H and O–H groups in total. The summed E-state index contributed by atoms with van der Waals surface area (Å²) in [7, 11) is 0. The number of fused-ring (bicyclic) bond motifs is 6. The minimum atomic E-state index is 1.07. The van der Waals surface area contributed by atoms with Gasteiger partial charge in [0.15, 0.2) is 0 Å². The van der Waals surface area contributed by atoms with Gasteiger partial charge in [0.25, 0.3) is 0 Å².